The Morgan fingerprint density at radius 1 is 1.12 bits per heavy atom. The molecule has 2 bridgehead atoms. The summed E-state index contributed by atoms with van der Waals surface area (Å²) in [7, 11) is 0. The smallest absolute Gasteiger partial charge is 0.223 e. The molecule has 4 heteroatoms. The Morgan fingerprint density at radius 3 is 2.52 bits per heavy atom. The number of aryl methyl sites for hydroxylation is 1. The van der Waals surface area contributed by atoms with Crippen LogP contribution in [0.2, 0.25) is 0 Å². The molecular formula is C21H31ClN2O. The number of benzene rings is 1. The van der Waals surface area contributed by atoms with Crippen LogP contribution in [-0.2, 0) is 11.2 Å². The molecule has 4 unspecified atom stereocenters. The van der Waals surface area contributed by atoms with Gasteiger partial charge in [-0.1, -0.05) is 37.6 Å². The molecule has 4 atom stereocenters. The highest BCUT2D eigenvalue weighted by molar-refractivity contribution is 5.85. The van der Waals surface area contributed by atoms with E-state index in [9.17, 15) is 4.79 Å². The van der Waals surface area contributed by atoms with Gasteiger partial charge in [0.05, 0.1) is 6.04 Å². The van der Waals surface area contributed by atoms with Gasteiger partial charge >= 0.3 is 0 Å². The Hall–Kier alpha value is -1.06. The average molecular weight is 363 g/mol. The van der Waals surface area contributed by atoms with Gasteiger partial charge in [-0.3, -0.25) is 4.79 Å². The molecule has 2 saturated carbocycles. The Morgan fingerprint density at radius 2 is 1.80 bits per heavy atom. The molecule has 0 heterocycles. The normalized spacial score (nSPS) is 36.7. The summed E-state index contributed by atoms with van der Waals surface area (Å²) in [6.45, 7) is 2.27. The first kappa shape index (κ1) is 18.7. The lowest BCUT2D eigenvalue weighted by atomic mass is 9.65. The molecule has 138 valence electrons. The van der Waals surface area contributed by atoms with E-state index in [1.807, 2.05) is 0 Å². The lowest BCUT2D eigenvalue weighted by molar-refractivity contribution is -0.129. The van der Waals surface area contributed by atoms with Gasteiger partial charge in [-0.25, -0.2) is 0 Å². The SMILES string of the molecule is CC1CCc2ccccc2C1NC(=O)C1CC2CCCC(C1)C2N.Cl. The van der Waals surface area contributed by atoms with Crippen LogP contribution in [0.1, 0.15) is 62.6 Å². The molecule has 2 fully saturated rings. The van der Waals surface area contributed by atoms with Crippen LogP contribution in [0, 0.1) is 23.7 Å². The molecule has 3 aliphatic rings. The van der Waals surface area contributed by atoms with E-state index in [1.54, 1.807) is 0 Å². The second-order valence-electron chi connectivity index (χ2n) is 8.40. The molecular weight excluding hydrogens is 332 g/mol. The third-order valence-electron chi connectivity index (χ3n) is 6.91. The van der Waals surface area contributed by atoms with Crippen LogP contribution in [0.25, 0.3) is 0 Å². The van der Waals surface area contributed by atoms with Crippen LogP contribution in [0.3, 0.4) is 0 Å². The first-order chi connectivity index (χ1) is 11.6. The van der Waals surface area contributed by atoms with Crippen molar-refractivity contribution in [2.75, 3.05) is 0 Å². The number of amides is 1. The van der Waals surface area contributed by atoms with E-state index >= 15 is 0 Å². The van der Waals surface area contributed by atoms with Crippen molar-refractivity contribution in [3.05, 3.63) is 35.4 Å². The summed E-state index contributed by atoms with van der Waals surface area (Å²) in [6, 6.07) is 9.12. The maximum atomic E-state index is 13.0. The zero-order valence-electron chi connectivity index (χ0n) is 15.1. The van der Waals surface area contributed by atoms with Crippen molar-refractivity contribution in [1.29, 1.82) is 0 Å². The fourth-order valence-electron chi connectivity index (χ4n) is 5.42. The minimum absolute atomic E-state index is 0. The van der Waals surface area contributed by atoms with E-state index in [-0.39, 0.29) is 30.3 Å². The van der Waals surface area contributed by atoms with Crippen molar-refractivity contribution in [3.8, 4) is 0 Å². The largest absolute Gasteiger partial charge is 0.349 e. The first-order valence-corrected chi connectivity index (χ1v) is 9.77. The van der Waals surface area contributed by atoms with Crippen LogP contribution in [0.4, 0.5) is 0 Å². The van der Waals surface area contributed by atoms with Gasteiger partial charge in [-0.05, 0) is 67.4 Å². The summed E-state index contributed by atoms with van der Waals surface area (Å²) in [4.78, 5) is 13.0. The lowest BCUT2D eigenvalue weighted by Crippen LogP contribution is -2.49. The number of carbonyl (C=O) groups is 1. The van der Waals surface area contributed by atoms with Gasteiger partial charge < -0.3 is 11.1 Å². The molecule has 0 aliphatic heterocycles. The van der Waals surface area contributed by atoms with Gasteiger partial charge in [-0.2, -0.15) is 0 Å². The molecule has 0 spiro atoms. The monoisotopic (exact) mass is 362 g/mol. The highest BCUT2D eigenvalue weighted by Crippen LogP contribution is 2.42. The second kappa shape index (κ2) is 7.67. The summed E-state index contributed by atoms with van der Waals surface area (Å²) in [5, 5.41) is 3.42. The number of nitrogens with one attached hydrogen (secondary N) is 1. The van der Waals surface area contributed by atoms with E-state index in [0.717, 1.165) is 25.7 Å². The maximum absolute atomic E-state index is 13.0. The maximum Gasteiger partial charge on any atom is 0.223 e. The molecule has 1 amide bonds. The van der Waals surface area contributed by atoms with Crippen molar-refractivity contribution in [2.24, 2.45) is 29.4 Å². The molecule has 0 saturated heterocycles. The van der Waals surface area contributed by atoms with Crippen molar-refractivity contribution in [1.82, 2.24) is 5.32 Å². The number of rotatable bonds is 2. The number of carbonyl (C=O) groups excluding carboxylic acids is 1. The third-order valence-corrected chi connectivity index (χ3v) is 6.91. The summed E-state index contributed by atoms with van der Waals surface area (Å²) in [5.41, 5.74) is 9.12. The van der Waals surface area contributed by atoms with Gasteiger partial charge in [0.15, 0.2) is 0 Å². The molecule has 3 N–H and O–H groups in total. The van der Waals surface area contributed by atoms with Gasteiger partial charge in [0.1, 0.15) is 0 Å². The Bertz CT molecular complexity index is 606. The Kier molecular flexibility index (Phi) is 5.75. The van der Waals surface area contributed by atoms with Crippen LogP contribution in [0.5, 0.6) is 0 Å². The summed E-state index contributed by atoms with van der Waals surface area (Å²) >= 11 is 0. The minimum atomic E-state index is 0. The Balaban J connectivity index is 0.00000182. The van der Waals surface area contributed by atoms with Crippen LogP contribution < -0.4 is 11.1 Å². The topological polar surface area (TPSA) is 55.1 Å². The number of fused-ring (bicyclic) bond motifs is 3. The highest BCUT2D eigenvalue weighted by atomic mass is 35.5. The zero-order chi connectivity index (χ0) is 16.7. The predicted octanol–water partition coefficient (Wildman–Crippen LogP) is 4.00. The zero-order valence-corrected chi connectivity index (χ0v) is 15.9. The summed E-state index contributed by atoms with van der Waals surface area (Å²) < 4.78 is 0. The predicted molar refractivity (Wildman–Crippen MR) is 104 cm³/mol. The Labute approximate surface area is 157 Å². The van der Waals surface area contributed by atoms with Gasteiger partial charge in [0.2, 0.25) is 5.91 Å². The molecule has 4 rings (SSSR count). The number of halogens is 1. The quantitative estimate of drug-likeness (QED) is 0.835. The van der Waals surface area contributed by atoms with Crippen molar-refractivity contribution >= 4 is 18.3 Å². The van der Waals surface area contributed by atoms with Crippen molar-refractivity contribution in [2.45, 2.75) is 64.0 Å². The summed E-state index contributed by atoms with van der Waals surface area (Å²) in [5.74, 6) is 2.07. The second-order valence-corrected chi connectivity index (χ2v) is 8.40. The number of hydrogen-bond acceptors (Lipinski definition) is 2. The first-order valence-electron chi connectivity index (χ1n) is 9.77. The minimum Gasteiger partial charge on any atom is -0.349 e. The fraction of sp³-hybridized carbons (Fsp3) is 0.667. The fourth-order valence-corrected chi connectivity index (χ4v) is 5.42. The number of hydrogen-bond donors (Lipinski definition) is 2. The molecule has 25 heavy (non-hydrogen) atoms. The summed E-state index contributed by atoms with van der Waals surface area (Å²) in [6.07, 6.45) is 7.99. The molecule has 0 aromatic heterocycles. The highest BCUT2D eigenvalue weighted by Gasteiger charge is 2.41. The van der Waals surface area contributed by atoms with E-state index < -0.39 is 0 Å². The number of nitrogens with two attached hydrogens (primary N) is 1. The van der Waals surface area contributed by atoms with Crippen LogP contribution in [-0.4, -0.2) is 11.9 Å². The van der Waals surface area contributed by atoms with Crippen molar-refractivity contribution in [3.63, 3.8) is 0 Å². The molecule has 1 aromatic carbocycles. The van der Waals surface area contributed by atoms with Gasteiger partial charge in [0.25, 0.3) is 0 Å². The van der Waals surface area contributed by atoms with Crippen LogP contribution in [0.15, 0.2) is 24.3 Å². The standard InChI is InChI=1S/C21H30N2O.ClH/c1-13-9-10-14-5-2-3-8-18(14)20(13)23-21(24)17-11-15-6-4-7-16(12-17)19(15)22;/h2-3,5,8,13,15-17,19-20H,4,6-7,9-12,22H2,1H3,(H,23,24);1H. The molecule has 1 aromatic rings. The molecule has 3 aliphatic carbocycles. The lowest BCUT2D eigenvalue weighted by Gasteiger charge is -2.44. The van der Waals surface area contributed by atoms with Crippen molar-refractivity contribution < 1.29 is 4.79 Å². The molecule has 3 nitrogen and oxygen atoms in total. The van der Waals surface area contributed by atoms with E-state index in [2.05, 4.69) is 36.5 Å². The van der Waals surface area contributed by atoms with E-state index in [4.69, 9.17) is 5.73 Å². The van der Waals surface area contributed by atoms with Gasteiger partial charge in [0, 0.05) is 12.0 Å². The average Bonchev–Trinajstić information content (AvgIpc) is 2.57. The third kappa shape index (κ3) is 3.59. The van der Waals surface area contributed by atoms with Gasteiger partial charge in [-0.15, -0.1) is 12.4 Å². The van der Waals surface area contributed by atoms with E-state index in [0.29, 0.717) is 23.8 Å². The van der Waals surface area contributed by atoms with E-state index in [1.165, 1.54) is 30.4 Å². The van der Waals surface area contributed by atoms with Crippen LogP contribution >= 0.6 is 12.4 Å². The molecule has 0 radical (unpaired) electrons.